The summed E-state index contributed by atoms with van der Waals surface area (Å²) in [5.74, 6) is 0. The van der Waals surface area contributed by atoms with Gasteiger partial charge in [0.1, 0.15) is 0 Å². The van der Waals surface area contributed by atoms with Gasteiger partial charge in [-0.05, 0) is 26.5 Å². The third kappa shape index (κ3) is 2.54. The van der Waals surface area contributed by atoms with Crippen LogP contribution in [-0.2, 0) is 0 Å². The highest BCUT2D eigenvalue weighted by atomic mass is 16.3. The third-order valence-electron chi connectivity index (χ3n) is 2.13. The summed E-state index contributed by atoms with van der Waals surface area (Å²) in [7, 11) is 1.86. The van der Waals surface area contributed by atoms with E-state index in [1.165, 1.54) is 0 Å². The second kappa shape index (κ2) is 3.90. The molecular formula is C11H17NO. The van der Waals surface area contributed by atoms with Crippen LogP contribution in [0, 0.1) is 0 Å². The minimum atomic E-state index is -0.740. The van der Waals surface area contributed by atoms with Crippen molar-refractivity contribution in [3.63, 3.8) is 0 Å². The lowest BCUT2D eigenvalue weighted by Crippen LogP contribution is -2.37. The van der Waals surface area contributed by atoms with Crippen molar-refractivity contribution in [2.75, 3.05) is 7.05 Å². The van der Waals surface area contributed by atoms with Crippen molar-refractivity contribution in [3.05, 3.63) is 35.9 Å². The quantitative estimate of drug-likeness (QED) is 0.740. The van der Waals surface area contributed by atoms with Gasteiger partial charge in [-0.15, -0.1) is 0 Å². The van der Waals surface area contributed by atoms with Crippen LogP contribution in [0.1, 0.15) is 25.5 Å². The van der Waals surface area contributed by atoms with Crippen LogP contribution >= 0.6 is 0 Å². The normalized spacial score (nSPS) is 14.2. The first-order valence-electron chi connectivity index (χ1n) is 4.50. The number of rotatable bonds is 3. The van der Waals surface area contributed by atoms with Crippen LogP contribution in [0.15, 0.2) is 30.3 Å². The average molecular weight is 179 g/mol. The molecule has 72 valence electrons. The fourth-order valence-corrected chi connectivity index (χ4v) is 1.57. The Morgan fingerprint density at radius 1 is 1.23 bits per heavy atom. The van der Waals surface area contributed by atoms with Crippen LogP contribution in [0.5, 0.6) is 0 Å². The summed E-state index contributed by atoms with van der Waals surface area (Å²) < 4.78 is 0. The first-order valence-corrected chi connectivity index (χ1v) is 4.50. The Morgan fingerprint density at radius 2 is 1.77 bits per heavy atom. The van der Waals surface area contributed by atoms with Crippen LogP contribution in [0.3, 0.4) is 0 Å². The molecule has 0 aromatic heterocycles. The van der Waals surface area contributed by atoms with E-state index in [9.17, 15) is 5.11 Å². The van der Waals surface area contributed by atoms with E-state index in [0.29, 0.717) is 0 Å². The van der Waals surface area contributed by atoms with Gasteiger partial charge in [-0.2, -0.15) is 0 Å². The van der Waals surface area contributed by atoms with E-state index in [2.05, 4.69) is 5.32 Å². The summed E-state index contributed by atoms with van der Waals surface area (Å²) in [5, 5.41) is 13.0. The van der Waals surface area contributed by atoms with E-state index < -0.39 is 5.60 Å². The van der Waals surface area contributed by atoms with Gasteiger partial charge in [0, 0.05) is 0 Å². The Balaban J connectivity index is 2.92. The highest BCUT2D eigenvalue weighted by molar-refractivity contribution is 5.21. The molecule has 2 nitrogen and oxygen atoms in total. The van der Waals surface area contributed by atoms with E-state index in [1.54, 1.807) is 13.8 Å². The first-order chi connectivity index (χ1) is 6.05. The number of hydrogen-bond acceptors (Lipinski definition) is 2. The highest BCUT2D eigenvalue weighted by Gasteiger charge is 2.26. The lowest BCUT2D eigenvalue weighted by atomic mass is 9.92. The van der Waals surface area contributed by atoms with Gasteiger partial charge < -0.3 is 10.4 Å². The van der Waals surface area contributed by atoms with E-state index in [-0.39, 0.29) is 6.04 Å². The van der Waals surface area contributed by atoms with Crippen molar-refractivity contribution < 1.29 is 5.11 Å². The second-order valence-electron chi connectivity index (χ2n) is 3.79. The zero-order chi connectivity index (χ0) is 9.90. The molecule has 0 saturated carbocycles. The van der Waals surface area contributed by atoms with Gasteiger partial charge in [0.2, 0.25) is 0 Å². The maximum Gasteiger partial charge on any atom is 0.0785 e. The predicted octanol–water partition coefficient (Wildman–Crippen LogP) is 1.72. The van der Waals surface area contributed by atoms with Crippen molar-refractivity contribution in [3.8, 4) is 0 Å². The minimum Gasteiger partial charge on any atom is -0.388 e. The highest BCUT2D eigenvalue weighted by Crippen LogP contribution is 2.24. The molecule has 1 rings (SSSR count). The number of likely N-dealkylation sites (N-methyl/N-ethyl adjacent to an activating group) is 1. The smallest absolute Gasteiger partial charge is 0.0785 e. The number of aliphatic hydroxyl groups is 1. The lowest BCUT2D eigenvalue weighted by Gasteiger charge is -2.29. The maximum absolute atomic E-state index is 9.87. The fraction of sp³-hybridized carbons (Fsp3) is 0.455. The van der Waals surface area contributed by atoms with Gasteiger partial charge in [0.05, 0.1) is 11.6 Å². The van der Waals surface area contributed by atoms with Crippen molar-refractivity contribution in [1.29, 1.82) is 0 Å². The monoisotopic (exact) mass is 179 g/mol. The van der Waals surface area contributed by atoms with E-state index in [4.69, 9.17) is 0 Å². The summed E-state index contributed by atoms with van der Waals surface area (Å²) in [4.78, 5) is 0. The first kappa shape index (κ1) is 10.2. The summed E-state index contributed by atoms with van der Waals surface area (Å²) in [6.45, 7) is 3.61. The van der Waals surface area contributed by atoms with Crippen LogP contribution in [0.25, 0.3) is 0 Å². The van der Waals surface area contributed by atoms with Crippen molar-refractivity contribution in [2.45, 2.75) is 25.5 Å². The van der Waals surface area contributed by atoms with Gasteiger partial charge in [-0.25, -0.2) is 0 Å². The molecule has 2 heteroatoms. The van der Waals surface area contributed by atoms with E-state index in [1.807, 2.05) is 37.4 Å². The van der Waals surface area contributed by atoms with Crippen molar-refractivity contribution >= 4 is 0 Å². The van der Waals surface area contributed by atoms with Crippen molar-refractivity contribution in [1.82, 2.24) is 5.32 Å². The predicted molar refractivity (Wildman–Crippen MR) is 54.5 cm³/mol. The molecule has 0 bridgehead atoms. The maximum atomic E-state index is 9.87. The van der Waals surface area contributed by atoms with Crippen LogP contribution < -0.4 is 5.32 Å². The SMILES string of the molecule is CN[C@H](c1ccccc1)C(C)(C)O. The molecule has 0 aliphatic rings. The summed E-state index contributed by atoms with van der Waals surface area (Å²) in [5.41, 5.74) is 0.369. The second-order valence-corrected chi connectivity index (χ2v) is 3.79. The number of nitrogens with one attached hydrogen (secondary N) is 1. The Hall–Kier alpha value is -0.860. The van der Waals surface area contributed by atoms with Gasteiger partial charge in [-0.3, -0.25) is 0 Å². The molecule has 0 unspecified atom stereocenters. The molecular weight excluding hydrogens is 162 g/mol. The van der Waals surface area contributed by atoms with Crippen LogP contribution in [-0.4, -0.2) is 17.8 Å². The fourth-order valence-electron chi connectivity index (χ4n) is 1.57. The molecule has 0 spiro atoms. The van der Waals surface area contributed by atoms with Gasteiger partial charge in [-0.1, -0.05) is 30.3 Å². The molecule has 1 aromatic carbocycles. The molecule has 1 atom stereocenters. The van der Waals surface area contributed by atoms with Crippen LogP contribution in [0.2, 0.25) is 0 Å². The Kier molecular flexibility index (Phi) is 3.07. The molecule has 13 heavy (non-hydrogen) atoms. The Bertz CT molecular complexity index is 251. The molecule has 1 aromatic rings. The molecule has 0 fully saturated rings. The van der Waals surface area contributed by atoms with Gasteiger partial charge in [0.15, 0.2) is 0 Å². The Labute approximate surface area is 79.6 Å². The molecule has 0 aliphatic heterocycles. The minimum absolute atomic E-state index is 0.0197. The lowest BCUT2D eigenvalue weighted by molar-refractivity contribution is 0.0400. The topological polar surface area (TPSA) is 32.3 Å². The standard InChI is InChI=1S/C11H17NO/c1-11(2,13)10(12-3)9-7-5-4-6-8-9/h4-8,10,12-13H,1-3H3/t10-/m1/s1. The number of benzene rings is 1. The molecule has 0 amide bonds. The van der Waals surface area contributed by atoms with E-state index >= 15 is 0 Å². The summed E-state index contributed by atoms with van der Waals surface area (Å²) >= 11 is 0. The zero-order valence-corrected chi connectivity index (χ0v) is 8.41. The van der Waals surface area contributed by atoms with Crippen molar-refractivity contribution in [2.24, 2.45) is 0 Å². The Morgan fingerprint density at radius 3 is 2.15 bits per heavy atom. The molecule has 0 saturated heterocycles. The molecule has 2 N–H and O–H groups in total. The molecule has 0 aliphatic carbocycles. The van der Waals surface area contributed by atoms with E-state index in [0.717, 1.165) is 5.56 Å². The van der Waals surface area contributed by atoms with Gasteiger partial charge >= 0.3 is 0 Å². The zero-order valence-electron chi connectivity index (χ0n) is 8.41. The average Bonchev–Trinajstić information content (AvgIpc) is 2.05. The summed E-state index contributed by atoms with van der Waals surface area (Å²) in [6.07, 6.45) is 0. The van der Waals surface area contributed by atoms with Gasteiger partial charge in [0.25, 0.3) is 0 Å². The number of hydrogen-bond donors (Lipinski definition) is 2. The molecule has 0 heterocycles. The third-order valence-corrected chi connectivity index (χ3v) is 2.13. The van der Waals surface area contributed by atoms with Crippen LogP contribution in [0.4, 0.5) is 0 Å². The molecule has 0 radical (unpaired) electrons. The summed E-state index contributed by atoms with van der Waals surface area (Å²) in [6, 6.07) is 9.93. The largest absolute Gasteiger partial charge is 0.388 e.